The van der Waals surface area contributed by atoms with Gasteiger partial charge in [-0.3, -0.25) is 4.98 Å². The third kappa shape index (κ3) is 3.57. The first kappa shape index (κ1) is 14.5. The van der Waals surface area contributed by atoms with Gasteiger partial charge in [0.15, 0.2) is 4.88 Å². The van der Waals surface area contributed by atoms with Crippen LogP contribution in [0.5, 0.6) is 5.75 Å². The van der Waals surface area contributed by atoms with Crippen molar-refractivity contribution in [1.29, 1.82) is 0 Å². The fraction of sp³-hybridized carbons (Fsp3) is 0.333. The molecule has 0 aliphatic rings. The average molecular weight is 291 g/mol. The summed E-state index contributed by atoms with van der Waals surface area (Å²) >= 11 is 1.29. The van der Waals surface area contributed by atoms with E-state index in [-0.39, 0.29) is 11.5 Å². The summed E-state index contributed by atoms with van der Waals surface area (Å²) in [6, 6.07) is 7.52. The number of aromatic nitrogens is 1. The van der Waals surface area contributed by atoms with Gasteiger partial charge in [0.2, 0.25) is 0 Å². The highest BCUT2D eigenvalue weighted by molar-refractivity contribution is 7.14. The Balaban J connectivity index is 2.13. The predicted molar refractivity (Wildman–Crippen MR) is 78.6 cm³/mol. The second-order valence-corrected chi connectivity index (χ2v) is 5.66. The van der Waals surface area contributed by atoms with Crippen LogP contribution in [0.25, 0.3) is 0 Å². The lowest BCUT2D eigenvalue weighted by Crippen LogP contribution is -2.02. The zero-order valence-corrected chi connectivity index (χ0v) is 12.4. The minimum atomic E-state index is -0.940. The number of carboxylic acid groups (broad SMARTS) is 1. The Morgan fingerprint density at radius 1 is 1.45 bits per heavy atom. The maximum atomic E-state index is 11.2. The molecule has 2 heterocycles. The highest BCUT2D eigenvalue weighted by Gasteiger charge is 2.16. The molecule has 5 heteroatoms. The Morgan fingerprint density at radius 3 is 2.90 bits per heavy atom. The van der Waals surface area contributed by atoms with E-state index >= 15 is 0 Å². The van der Waals surface area contributed by atoms with Crippen LogP contribution in [-0.2, 0) is 13.0 Å². The van der Waals surface area contributed by atoms with Gasteiger partial charge in [0, 0.05) is 10.6 Å². The molecule has 0 amide bonds. The maximum absolute atomic E-state index is 11.2. The lowest BCUT2D eigenvalue weighted by molar-refractivity contribution is 0.0697. The fourth-order valence-electron chi connectivity index (χ4n) is 1.88. The van der Waals surface area contributed by atoms with Crippen molar-refractivity contribution in [2.75, 3.05) is 0 Å². The molecule has 2 aromatic rings. The lowest BCUT2D eigenvalue weighted by atomic mass is 10.3. The van der Waals surface area contributed by atoms with Crippen LogP contribution >= 0.6 is 11.3 Å². The molecule has 0 radical (unpaired) electrons. The van der Waals surface area contributed by atoms with Crippen molar-refractivity contribution in [1.82, 2.24) is 4.98 Å². The highest BCUT2D eigenvalue weighted by Crippen LogP contribution is 2.30. The summed E-state index contributed by atoms with van der Waals surface area (Å²) in [5, 5.41) is 9.20. The van der Waals surface area contributed by atoms with Crippen LogP contribution in [0.2, 0.25) is 0 Å². The number of carboxylic acids is 1. The Labute approximate surface area is 122 Å². The molecule has 2 rings (SSSR count). The molecule has 20 heavy (non-hydrogen) atoms. The van der Waals surface area contributed by atoms with Crippen LogP contribution in [0.15, 0.2) is 24.3 Å². The molecule has 0 saturated carbocycles. The van der Waals surface area contributed by atoms with Crippen LogP contribution < -0.4 is 4.74 Å². The van der Waals surface area contributed by atoms with E-state index in [1.54, 1.807) is 0 Å². The van der Waals surface area contributed by atoms with E-state index in [9.17, 15) is 9.90 Å². The van der Waals surface area contributed by atoms with Gasteiger partial charge in [-0.25, -0.2) is 4.79 Å². The molecule has 0 saturated heterocycles. The zero-order chi connectivity index (χ0) is 14.5. The topological polar surface area (TPSA) is 59.4 Å². The van der Waals surface area contributed by atoms with Crippen LogP contribution in [0.4, 0.5) is 0 Å². The summed E-state index contributed by atoms with van der Waals surface area (Å²) < 4.78 is 5.63. The van der Waals surface area contributed by atoms with Crippen LogP contribution in [0, 0.1) is 6.92 Å². The van der Waals surface area contributed by atoms with E-state index in [1.807, 2.05) is 31.2 Å². The quantitative estimate of drug-likeness (QED) is 0.882. The van der Waals surface area contributed by atoms with Crippen LogP contribution in [-0.4, -0.2) is 16.1 Å². The Bertz CT molecular complexity index is 607. The molecule has 0 aliphatic carbocycles. The number of thiophene rings is 1. The molecular weight excluding hydrogens is 274 g/mol. The summed E-state index contributed by atoms with van der Waals surface area (Å²) in [4.78, 5) is 16.9. The van der Waals surface area contributed by atoms with E-state index < -0.39 is 5.97 Å². The molecule has 4 nitrogen and oxygen atoms in total. The molecule has 0 aliphatic heterocycles. The molecule has 0 atom stereocenters. The number of aromatic carboxylic acids is 1. The van der Waals surface area contributed by atoms with Crippen LogP contribution in [0.1, 0.15) is 39.3 Å². The van der Waals surface area contributed by atoms with Gasteiger partial charge < -0.3 is 9.84 Å². The number of aryl methyl sites for hydroxylation is 2. The van der Waals surface area contributed by atoms with Crippen molar-refractivity contribution in [3.63, 3.8) is 0 Å². The van der Waals surface area contributed by atoms with Gasteiger partial charge in [-0.05, 0) is 31.5 Å². The van der Waals surface area contributed by atoms with Crippen molar-refractivity contribution >= 4 is 17.3 Å². The first-order valence-corrected chi connectivity index (χ1v) is 7.33. The number of carbonyl (C=O) groups is 1. The van der Waals surface area contributed by atoms with Crippen LogP contribution in [0.3, 0.4) is 0 Å². The first-order chi connectivity index (χ1) is 9.60. The number of rotatable bonds is 6. The molecule has 0 aromatic carbocycles. The Morgan fingerprint density at radius 2 is 2.25 bits per heavy atom. The SMILES string of the molecule is CCCc1cc(OCc2cccc(C)n2)c(C(=O)O)s1. The molecule has 0 fully saturated rings. The Hall–Kier alpha value is -1.88. The van der Waals surface area contributed by atoms with Gasteiger partial charge in [0.05, 0.1) is 5.69 Å². The number of nitrogens with zero attached hydrogens (tertiary/aromatic N) is 1. The minimum absolute atomic E-state index is 0.265. The summed E-state index contributed by atoms with van der Waals surface area (Å²) in [7, 11) is 0. The van der Waals surface area contributed by atoms with Crippen molar-refractivity contribution in [3.05, 3.63) is 45.4 Å². The standard InChI is InChI=1S/C15H17NO3S/c1-3-5-12-8-13(14(20-12)15(17)18)19-9-11-7-4-6-10(2)16-11/h4,6-8H,3,5,9H2,1-2H3,(H,17,18). The largest absolute Gasteiger partial charge is 0.485 e. The minimum Gasteiger partial charge on any atom is -0.485 e. The number of ether oxygens (including phenoxy) is 1. The second kappa shape index (κ2) is 6.52. The van der Waals surface area contributed by atoms with Crippen molar-refractivity contribution in [3.8, 4) is 5.75 Å². The van der Waals surface area contributed by atoms with Crippen molar-refractivity contribution in [2.45, 2.75) is 33.3 Å². The summed E-state index contributed by atoms with van der Waals surface area (Å²) in [5.41, 5.74) is 1.71. The van der Waals surface area contributed by atoms with E-state index in [0.717, 1.165) is 29.1 Å². The number of pyridine rings is 1. The van der Waals surface area contributed by atoms with Gasteiger partial charge >= 0.3 is 5.97 Å². The first-order valence-electron chi connectivity index (χ1n) is 6.51. The number of hydrogen-bond donors (Lipinski definition) is 1. The predicted octanol–water partition coefficient (Wildman–Crippen LogP) is 3.68. The average Bonchev–Trinajstić information content (AvgIpc) is 2.80. The second-order valence-electron chi connectivity index (χ2n) is 4.52. The summed E-state index contributed by atoms with van der Waals surface area (Å²) in [5.74, 6) is -0.501. The monoisotopic (exact) mass is 291 g/mol. The van der Waals surface area contributed by atoms with Gasteiger partial charge in [-0.1, -0.05) is 19.4 Å². The van der Waals surface area contributed by atoms with E-state index in [1.165, 1.54) is 11.3 Å². The summed E-state index contributed by atoms with van der Waals surface area (Å²) in [6.45, 7) is 4.26. The maximum Gasteiger partial charge on any atom is 0.349 e. The summed E-state index contributed by atoms with van der Waals surface area (Å²) in [6.07, 6.45) is 1.86. The molecular formula is C15H17NO3S. The Kier molecular flexibility index (Phi) is 4.74. The zero-order valence-electron chi connectivity index (χ0n) is 11.5. The highest BCUT2D eigenvalue weighted by atomic mass is 32.1. The molecule has 0 unspecified atom stereocenters. The lowest BCUT2D eigenvalue weighted by Gasteiger charge is -2.05. The third-order valence-corrected chi connectivity index (χ3v) is 3.93. The molecule has 2 aromatic heterocycles. The molecule has 106 valence electrons. The fourth-order valence-corrected chi connectivity index (χ4v) is 2.92. The van der Waals surface area contributed by atoms with Gasteiger partial charge in [-0.15, -0.1) is 11.3 Å². The van der Waals surface area contributed by atoms with E-state index in [0.29, 0.717) is 5.75 Å². The smallest absolute Gasteiger partial charge is 0.349 e. The van der Waals surface area contributed by atoms with Crippen molar-refractivity contribution in [2.24, 2.45) is 0 Å². The van der Waals surface area contributed by atoms with Crippen molar-refractivity contribution < 1.29 is 14.6 Å². The van der Waals surface area contributed by atoms with Gasteiger partial charge in [0.25, 0.3) is 0 Å². The number of hydrogen-bond acceptors (Lipinski definition) is 4. The molecule has 1 N–H and O–H groups in total. The normalized spacial score (nSPS) is 10.5. The van der Waals surface area contributed by atoms with Gasteiger partial charge in [-0.2, -0.15) is 0 Å². The van der Waals surface area contributed by atoms with E-state index in [2.05, 4.69) is 11.9 Å². The third-order valence-electron chi connectivity index (χ3n) is 2.76. The molecule has 0 spiro atoms. The molecule has 0 bridgehead atoms. The van der Waals surface area contributed by atoms with E-state index in [4.69, 9.17) is 4.74 Å². The van der Waals surface area contributed by atoms with Gasteiger partial charge in [0.1, 0.15) is 12.4 Å².